The number of carbonyl (C=O) groups is 1. The van der Waals surface area contributed by atoms with E-state index in [2.05, 4.69) is 25.2 Å². The van der Waals surface area contributed by atoms with Gasteiger partial charge in [0.15, 0.2) is 11.3 Å². The van der Waals surface area contributed by atoms with Crippen molar-refractivity contribution in [3.05, 3.63) is 48.1 Å². The van der Waals surface area contributed by atoms with Gasteiger partial charge in [-0.15, -0.1) is 0 Å². The summed E-state index contributed by atoms with van der Waals surface area (Å²) in [6.45, 7) is 3.49. The van der Waals surface area contributed by atoms with Crippen LogP contribution in [0.3, 0.4) is 0 Å². The average Bonchev–Trinajstić information content (AvgIpc) is 3.06. The van der Waals surface area contributed by atoms with Crippen molar-refractivity contribution in [2.24, 2.45) is 0 Å². The topological polar surface area (TPSA) is 84.2 Å². The van der Waals surface area contributed by atoms with Crippen molar-refractivity contribution < 1.29 is 9.21 Å². The molecule has 0 radical (unpaired) electrons. The Bertz CT molecular complexity index is 893. The van der Waals surface area contributed by atoms with Gasteiger partial charge in [0.05, 0.1) is 0 Å². The maximum atomic E-state index is 12.5. The fourth-order valence-electron chi connectivity index (χ4n) is 3.13. The standard InChI is InChI=1S/C18H19N5O2/c1-12-5-6-15-14(21-12)10-16(25-15)17(24)22-13-4-2-9-23(11-13)18-19-7-3-8-20-18/h3,5-8,10,13H,2,4,9,11H2,1H3,(H,22,24). The summed E-state index contributed by atoms with van der Waals surface area (Å²) in [6.07, 6.45) is 5.36. The van der Waals surface area contributed by atoms with Crippen LogP contribution in [0.5, 0.6) is 0 Å². The summed E-state index contributed by atoms with van der Waals surface area (Å²) in [7, 11) is 0. The Labute approximate surface area is 145 Å². The lowest BCUT2D eigenvalue weighted by Gasteiger charge is -2.32. The Morgan fingerprint density at radius 1 is 1.32 bits per heavy atom. The number of fused-ring (bicyclic) bond motifs is 1. The average molecular weight is 337 g/mol. The minimum Gasteiger partial charge on any atom is -0.449 e. The van der Waals surface area contributed by atoms with E-state index in [0.717, 1.165) is 25.1 Å². The second-order valence-electron chi connectivity index (χ2n) is 6.25. The molecular formula is C18H19N5O2. The molecule has 3 aromatic rings. The molecule has 25 heavy (non-hydrogen) atoms. The molecule has 0 aromatic carbocycles. The molecule has 1 aliphatic heterocycles. The highest BCUT2D eigenvalue weighted by Gasteiger charge is 2.24. The van der Waals surface area contributed by atoms with E-state index >= 15 is 0 Å². The van der Waals surface area contributed by atoms with Crippen LogP contribution in [0.2, 0.25) is 0 Å². The summed E-state index contributed by atoms with van der Waals surface area (Å²) in [6, 6.07) is 7.23. The lowest BCUT2D eigenvalue weighted by Crippen LogP contribution is -2.48. The zero-order chi connectivity index (χ0) is 17.2. The number of piperidine rings is 1. The molecule has 3 aromatic heterocycles. The van der Waals surface area contributed by atoms with Crippen molar-refractivity contribution in [1.29, 1.82) is 0 Å². The third-order valence-corrected chi connectivity index (χ3v) is 4.33. The van der Waals surface area contributed by atoms with Crippen LogP contribution in [0.1, 0.15) is 29.1 Å². The van der Waals surface area contributed by atoms with E-state index in [1.165, 1.54) is 0 Å². The van der Waals surface area contributed by atoms with Crippen molar-refractivity contribution in [3.63, 3.8) is 0 Å². The highest BCUT2D eigenvalue weighted by molar-refractivity contribution is 5.95. The molecule has 1 atom stereocenters. The molecule has 0 spiro atoms. The Morgan fingerprint density at radius 3 is 3.00 bits per heavy atom. The van der Waals surface area contributed by atoms with Crippen LogP contribution in [-0.4, -0.2) is 40.0 Å². The van der Waals surface area contributed by atoms with Crippen molar-refractivity contribution in [2.45, 2.75) is 25.8 Å². The number of nitrogens with one attached hydrogen (secondary N) is 1. The van der Waals surface area contributed by atoms with E-state index in [1.54, 1.807) is 24.5 Å². The molecule has 1 N–H and O–H groups in total. The van der Waals surface area contributed by atoms with Gasteiger partial charge in [-0.2, -0.15) is 0 Å². The normalized spacial score (nSPS) is 17.6. The van der Waals surface area contributed by atoms with Gasteiger partial charge in [-0.05, 0) is 38.0 Å². The molecule has 7 nitrogen and oxygen atoms in total. The molecule has 1 unspecified atom stereocenters. The Balaban J connectivity index is 1.46. The molecule has 4 heterocycles. The van der Waals surface area contributed by atoms with Crippen LogP contribution in [0.25, 0.3) is 11.1 Å². The molecule has 1 amide bonds. The first-order valence-corrected chi connectivity index (χ1v) is 8.39. The van der Waals surface area contributed by atoms with Gasteiger partial charge in [0, 0.05) is 43.3 Å². The van der Waals surface area contributed by atoms with E-state index in [0.29, 0.717) is 29.4 Å². The predicted molar refractivity (Wildman–Crippen MR) is 93.5 cm³/mol. The summed E-state index contributed by atoms with van der Waals surface area (Å²) in [5, 5.41) is 3.05. The first-order chi connectivity index (χ1) is 12.2. The van der Waals surface area contributed by atoms with Crippen molar-refractivity contribution in [2.75, 3.05) is 18.0 Å². The number of aryl methyl sites for hydroxylation is 1. The second-order valence-corrected chi connectivity index (χ2v) is 6.25. The number of nitrogens with zero attached hydrogens (tertiary/aromatic N) is 4. The van der Waals surface area contributed by atoms with Crippen LogP contribution < -0.4 is 10.2 Å². The van der Waals surface area contributed by atoms with Crippen LogP contribution in [-0.2, 0) is 0 Å². The van der Waals surface area contributed by atoms with Gasteiger partial charge in [0.25, 0.3) is 5.91 Å². The minimum atomic E-state index is -0.212. The van der Waals surface area contributed by atoms with E-state index < -0.39 is 0 Å². The van der Waals surface area contributed by atoms with Crippen molar-refractivity contribution >= 4 is 23.0 Å². The number of hydrogen-bond acceptors (Lipinski definition) is 6. The lowest BCUT2D eigenvalue weighted by molar-refractivity contribution is 0.0907. The largest absolute Gasteiger partial charge is 0.449 e. The number of amides is 1. The molecule has 0 aliphatic carbocycles. The quantitative estimate of drug-likeness (QED) is 0.789. The molecule has 0 saturated carbocycles. The number of anilines is 1. The SMILES string of the molecule is Cc1ccc2oc(C(=O)NC3CCCN(c4ncccn4)C3)cc2n1. The number of furan rings is 1. The highest BCUT2D eigenvalue weighted by atomic mass is 16.3. The maximum absolute atomic E-state index is 12.5. The number of hydrogen-bond donors (Lipinski definition) is 1. The lowest BCUT2D eigenvalue weighted by atomic mass is 10.1. The molecule has 1 aliphatic rings. The van der Waals surface area contributed by atoms with E-state index in [-0.39, 0.29) is 11.9 Å². The number of rotatable bonds is 3. The van der Waals surface area contributed by atoms with Gasteiger partial charge >= 0.3 is 0 Å². The second kappa shape index (κ2) is 6.51. The van der Waals surface area contributed by atoms with Crippen LogP contribution >= 0.6 is 0 Å². The van der Waals surface area contributed by atoms with Gasteiger partial charge in [0.2, 0.25) is 5.95 Å². The smallest absolute Gasteiger partial charge is 0.287 e. The molecule has 128 valence electrons. The van der Waals surface area contributed by atoms with E-state index in [9.17, 15) is 4.79 Å². The monoisotopic (exact) mass is 337 g/mol. The molecular weight excluding hydrogens is 318 g/mol. The molecule has 4 rings (SSSR count). The van der Waals surface area contributed by atoms with E-state index in [1.807, 2.05) is 19.1 Å². The summed E-state index contributed by atoms with van der Waals surface area (Å²) in [5.74, 6) is 0.780. The fraction of sp³-hybridized carbons (Fsp3) is 0.333. The molecule has 7 heteroatoms. The Hall–Kier alpha value is -2.96. The number of pyridine rings is 1. The molecule has 0 bridgehead atoms. The molecule has 1 saturated heterocycles. The van der Waals surface area contributed by atoms with Gasteiger partial charge < -0.3 is 14.6 Å². The Morgan fingerprint density at radius 2 is 2.16 bits per heavy atom. The zero-order valence-corrected chi connectivity index (χ0v) is 14.0. The summed E-state index contributed by atoms with van der Waals surface area (Å²) in [4.78, 5) is 27.6. The third-order valence-electron chi connectivity index (χ3n) is 4.33. The zero-order valence-electron chi connectivity index (χ0n) is 14.0. The number of carbonyl (C=O) groups excluding carboxylic acids is 1. The first kappa shape index (κ1) is 15.6. The predicted octanol–water partition coefficient (Wildman–Crippen LogP) is 2.33. The summed E-state index contributed by atoms with van der Waals surface area (Å²) in [5.41, 5.74) is 2.22. The minimum absolute atomic E-state index is 0.0352. The third kappa shape index (κ3) is 3.31. The summed E-state index contributed by atoms with van der Waals surface area (Å²) < 4.78 is 5.63. The number of aromatic nitrogens is 3. The van der Waals surface area contributed by atoms with E-state index in [4.69, 9.17) is 4.42 Å². The van der Waals surface area contributed by atoms with Crippen LogP contribution in [0.4, 0.5) is 5.95 Å². The van der Waals surface area contributed by atoms with Gasteiger partial charge in [-0.25, -0.2) is 15.0 Å². The van der Waals surface area contributed by atoms with Crippen molar-refractivity contribution in [1.82, 2.24) is 20.3 Å². The van der Waals surface area contributed by atoms with Crippen LogP contribution in [0, 0.1) is 6.92 Å². The van der Waals surface area contributed by atoms with Gasteiger partial charge in [-0.3, -0.25) is 4.79 Å². The van der Waals surface area contributed by atoms with Gasteiger partial charge in [-0.1, -0.05) is 0 Å². The van der Waals surface area contributed by atoms with Gasteiger partial charge in [0.1, 0.15) is 5.52 Å². The molecule has 1 fully saturated rings. The fourth-order valence-corrected chi connectivity index (χ4v) is 3.13. The first-order valence-electron chi connectivity index (χ1n) is 8.39. The highest BCUT2D eigenvalue weighted by Crippen LogP contribution is 2.19. The maximum Gasteiger partial charge on any atom is 0.287 e. The van der Waals surface area contributed by atoms with Crippen molar-refractivity contribution in [3.8, 4) is 0 Å². The van der Waals surface area contributed by atoms with Crippen LogP contribution in [0.15, 0.2) is 41.1 Å². The summed E-state index contributed by atoms with van der Waals surface area (Å²) >= 11 is 0. The Kier molecular flexibility index (Phi) is 4.05.